The number of hydrogen-bond acceptors (Lipinski definition) is 4. The maximum Gasteiger partial charge on any atom is 0.146 e. The van der Waals surface area contributed by atoms with Gasteiger partial charge in [-0.25, -0.2) is 4.39 Å². The summed E-state index contributed by atoms with van der Waals surface area (Å²) in [7, 11) is 0. The largest absolute Gasteiger partial charge is 0.389 e. The Morgan fingerprint density at radius 2 is 1.88 bits per heavy atom. The molecule has 0 radical (unpaired) electrons. The summed E-state index contributed by atoms with van der Waals surface area (Å²) in [6.45, 7) is 1.89. The molecule has 17 heavy (non-hydrogen) atoms. The van der Waals surface area contributed by atoms with Crippen molar-refractivity contribution in [1.29, 1.82) is 0 Å². The molecule has 1 fully saturated rings. The van der Waals surface area contributed by atoms with Crippen LogP contribution in [0.25, 0.3) is 0 Å². The van der Waals surface area contributed by atoms with Crippen molar-refractivity contribution < 1.29 is 19.7 Å². The Labute approximate surface area is 98.9 Å². The van der Waals surface area contributed by atoms with Crippen LogP contribution in [0.5, 0.6) is 0 Å². The molecule has 0 aliphatic carbocycles. The fourth-order valence-corrected chi connectivity index (χ4v) is 2.15. The molecule has 1 aliphatic rings. The van der Waals surface area contributed by atoms with Gasteiger partial charge in [0.1, 0.15) is 5.82 Å². The molecule has 1 aromatic rings. The van der Waals surface area contributed by atoms with Crippen LogP contribution in [0.3, 0.4) is 0 Å². The van der Waals surface area contributed by atoms with Crippen LogP contribution >= 0.6 is 0 Å². The number of nitrogens with zero attached hydrogens (tertiary/aromatic N) is 1. The van der Waals surface area contributed by atoms with Gasteiger partial charge in [-0.15, -0.1) is 0 Å². The second-order valence-electron chi connectivity index (χ2n) is 4.39. The van der Waals surface area contributed by atoms with Gasteiger partial charge in [0, 0.05) is 18.7 Å². The minimum atomic E-state index is -0.878. The van der Waals surface area contributed by atoms with E-state index in [2.05, 4.69) is 0 Å². The van der Waals surface area contributed by atoms with Crippen molar-refractivity contribution in [1.82, 2.24) is 0 Å². The fraction of sp³-hybridized carbons (Fsp3) is 0.500. The van der Waals surface area contributed by atoms with Gasteiger partial charge in [-0.3, -0.25) is 0 Å². The number of anilines is 1. The molecule has 1 saturated heterocycles. The van der Waals surface area contributed by atoms with E-state index >= 15 is 0 Å². The van der Waals surface area contributed by atoms with Crippen LogP contribution in [-0.2, 0) is 0 Å². The highest BCUT2D eigenvalue weighted by molar-refractivity contribution is 5.57. The third-order valence-electron chi connectivity index (χ3n) is 3.04. The van der Waals surface area contributed by atoms with Crippen molar-refractivity contribution in [3.8, 4) is 0 Å². The van der Waals surface area contributed by atoms with Crippen LogP contribution in [-0.4, -0.2) is 40.6 Å². The Morgan fingerprint density at radius 3 is 2.41 bits per heavy atom. The number of aliphatic hydroxyl groups is 3. The Balaban J connectivity index is 2.38. The first kappa shape index (κ1) is 12.3. The SMILES string of the molecule is CC(O)c1cccc(F)c1N1CC(O)C(O)C1. The van der Waals surface area contributed by atoms with E-state index in [-0.39, 0.29) is 18.8 Å². The van der Waals surface area contributed by atoms with Crippen molar-refractivity contribution >= 4 is 5.69 Å². The van der Waals surface area contributed by atoms with E-state index in [1.807, 2.05) is 0 Å². The van der Waals surface area contributed by atoms with E-state index in [9.17, 15) is 19.7 Å². The maximum atomic E-state index is 13.8. The normalized spacial score (nSPS) is 26.3. The second-order valence-corrected chi connectivity index (χ2v) is 4.39. The summed E-state index contributed by atoms with van der Waals surface area (Å²) in [6, 6.07) is 4.47. The summed E-state index contributed by atoms with van der Waals surface area (Å²) in [6.07, 6.45) is -2.55. The molecule has 0 spiro atoms. The van der Waals surface area contributed by atoms with E-state index in [4.69, 9.17) is 0 Å². The monoisotopic (exact) mass is 241 g/mol. The molecule has 0 saturated carbocycles. The zero-order chi connectivity index (χ0) is 12.6. The van der Waals surface area contributed by atoms with Crippen LogP contribution in [0.4, 0.5) is 10.1 Å². The van der Waals surface area contributed by atoms with E-state index in [1.54, 1.807) is 17.9 Å². The van der Waals surface area contributed by atoms with E-state index in [1.165, 1.54) is 12.1 Å². The van der Waals surface area contributed by atoms with Crippen LogP contribution < -0.4 is 4.90 Å². The highest BCUT2D eigenvalue weighted by Gasteiger charge is 2.32. The minimum Gasteiger partial charge on any atom is -0.389 e. The molecular formula is C12H16FNO3. The van der Waals surface area contributed by atoms with E-state index in [0.29, 0.717) is 5.56 Å². The lowest BCUT2D eigenvalue weighted by Crippen LogP contribution is -2.24. The predicted molar refractivity (Wildman–Crippen MR) is 61.3 cm³/mol. The van der Waals surface area contributed by atoms with Crippen LogP contribution in [0.2, 0.25) is 0 Å². The highest BCUT2D eigenvalue weighted by Crippen LogP contribution is 2.31. The molecule has 0 bridgehead atoms. The lowest BCUT2D eigenvalue weighted by molar-refractivity contribution is 0.0572. The number of halogens is 1. The molecule has 1 aliphatic heterocycles. The van der Waals surface area contributed by atoms with Crippen molar-refractivity contribution in [2.75, 3.05) is 18.0 Å². The molecule has 2 rings (SSSR count). The van der Waals surface area contributed by atoms with Crippen molar-refractivity contribution in [3.63, 3.8) is 0 Å². The quantitative estimate of drug-likeness (QED) is 0.702. The summed E-state index contributed by atoms with van der Waals surface area (Å²) < 4.78 is 13.8. The number of benzene rings is 1. The number of rotatable bonds is 2. The topological polar surface area (TPSA) is 63.9 Å². The number of hydrogen-bond donors (Lipinski definition) is 3. The molecule has 94 valence electrons. The summed E-state index contributed by atoms with van der Waals surface area (Å²) in [5.74, 6) is -0.454. The van der Waals surface area contributed by atoms with Gasteiger partial charge in [-0.2, -0.15) is 0 Å². The molecule has 5 heteroatoms. The smallest absolute Gasteiger partial charge is 0.146 e. The molecule has 3 atom stereocenters. The molecule has 1 heterocycles. The Morgan fingerprint density at radius 1 is 1.29 bits per heavy atom. The van der Waals surface area contributed by atoms with Gasteiger partial charge in [0.15, 0.2) is 0 Å². The minimum absolute atomic E-state index is 0.168. The first-order valence-electron chi connectivity index (χ1n) is 5.58. The lowest BCUT2D eigenvalue weighted by atomic mass is 10.1. The predicted octanol–water partition coefficient (Wildman–Crippen LogP) is 0.421. The summed E-state index contributed by atoms with van der Waals surface area (Å²) in [5, 5.41) is 28.5. The maximum absolute atomic E-state index is 13.8. The highest BCUT2D eigenvalue weighted by atomic mass is 19.1. The average Bonchev–Trinajstić information content (AvgIpc) is 2.58. The van der Waals surface area contributed by atoms with Crippen LogP contribution in [0.1, 0.15) is 18.6 Å². The Hall–Kier alpha value is -1.17. The van der Waals surface area contributed by atoms with Crippen molar-refractivity contribution in [2.45, 2.75) is 25.2 Å². The molecule has 3 unspecified atom stereocenters. The molecule has 0 amide bonds. The zero-order valence-electron chi connectivity index (χ0n) is 9.55. The van der Waals surface area contributed by atoms with Gasteiger partial charge in [0.25, 0.3) is 0 Å². The molecular weight excluding hydrogens is 225 g/mol. The summed E-state index contributed by atoms with van der Waals surface area (Å²) in [4.78, 5) is 1.56. The van der Waals surface area contributed by atoms with Crippen molar-refractivity contribution in [2.24, 2.45) is 0 Å². The summed E-state index contributed by atoms with van der Waals surface area (Å²) in [5.41, 5.74) is 0.726. The van der Waals surface area contributed by atoms with Gasteiger partial charge in [-0.1, -0.05) is 12.1 Å². The number of para-hydroxylation sites is 1. The Bertz CT molecular complexity index is 401. The zero-order valence-corrected chi connectivity index (χ0v) is 9.55. The second kappa shape index (κ2) is 4.60. The molecule has 0 aromatic heterocycles. The Kier molecular flexibility index (Phi) is 3.33. The fourth-order valence-electron chi connectivity index (χ4n) is 2.15. The third-order valence-corrected chi connectivity index (χ3v) is 3.04. The van der Waals surface area contributed by atoms with Gasteiger partial charge in [0.05, 0.1) is 24.0 Å². The first-order valence-corrected chi connectivity index (χ1v) is 5.58. The standard InChI is InChI=1S/C12H16FNO3/c1-7(15)8-3-2-4-9(13)12(8)14-5-10(16)11(17)6-14/h2-4,7,10-11,15-17H,5-6H2,1H3. The number of β-amino-alcohol motifs (C(OH)–C–C–N with tert-alkyl or cyclic N) is 2. The van der Waals surface area contributed by atoms with Gasteiger partial charge in [0.2, 0.25) is 0 Å². The molecule has 4 nitrogen and oxygen atoms in total. The van der Waals surface area contributed by atoms with Gasteiger partial charge < -0.3 is 20.2 Å². The lowest BCUT2D eigenvalue weighted by Gasteiger charge is -2.23. The first-order chi connectivity index (χ1) is 8.00. The molecule has 3 N–H and O–H groups in total. The average molecular weight is 241 g/mol. The van der Waals surface area contributed by atoms with Crippen LogP contribution in [0.15, 0.2) is 18.2 Å². The third kappa shape index (κ3) is 2.26. The number of aliphatic hydroxyl groups excluding tert-OH is 3. The summed E-state index contributed by atoms with van der Waals surface area (Å²) >= 11 is 0. The van der Waals surface area contributed by atoms with Crippen LogP contribution in [0, 0.1) is 5.82 Å². The molecule has 1 aromatic carbocycles. The van der Waals surface area contributed by atoms with Gasteiger partial charge in [-0.05, 0) is 13.0 Å². The van der Waals surface area contributed by atoms with E-state index < -0.39 is 24.1 Å². The van der Waals surface area contributed by atoms with Gasteiger partial charge >= 0.3 is 0 Å². The van der Waals surface area contributed by atoms with Crippen molar-refractivity contribution in [3.05, 3.63) is 29.6 Å². The van der Waals surface area contributed by atoms with E-state index in [0.717, 1.165) is 0 Å².